The smallest absolute Gasteiger partial charge is 0.226 e. The number of piperidine rings is 3. The summed E-state index contributed by atoms with van der Waals surface area (Å²) in [5.74, 6) is 0.906. The summed E-state index contributed by atoms with van der Waals surface area (Å²) in [6.45, 7) is 2.78. The lowest BCUT2D eigenvalue weighted by molar-refractivity contribution is -0.141. The van der Waals surface area contributed by atoms with Crippen molar-refractivity contribution in [3.63, 3.8) is 0 Å². The first-order valence-corrected chi connectivity index (χ1v) is 11.1. The monoisotopic (exact) mass is 415 g/mol. The van der Waals surface area contributed by atoms with Crippen LogP contribution in [0.5, 0.6) is 0 Å². The van der Waals surface area contributed by atoms with Gasteiger partial charge in [0.15, 0.2) is 0 Å². The molecule has 4 heterocycles. The van der Waals surface area contributed by atoms with Gasteiger partial charge in [-0.1, -0.05) is 59.8 Å². The fraction of sp³-hybridized carbons (Fsp3) is 0.400. The summed E-state index contributed by atoms with van der Waals surface area (Å²) in [7, 11) is 3.72. The van der Waals surface area contributed by atoms with E-state index in [4.69, 9.17) is 0 Å². The van der Waals surface area contributed by atoms with E-state index in [1.165, 1.54) is 11.1 Å². The molecule has 31 heavy (non-hydrogen) atoms. The van der Waals surface area contributed by atoms with Gasteiger partial charge >= 0.3 is 0 Å². The minimum absolute atomic E-state index is 0.148. The molecule has 1 unspecified atom stereocenters. The summed E-state index contributed by atoms with van der Waals surface area (Å²) < 4.78 is 1.97. The summed E-state index contributed by atoms with van der Waals surface area (Å²) in [5, 5.41) is 8.81. The van der Waals surface area contributed by atoms with Gasteiger partial charge in [-0.2, -0.15) is 0 Å². The minimum Gasteiger partial charge on any atom is -0.349 e. The zero-order chi connectivity index (χ0) is 21.4. The molecule has 160 valence electrons. The molecule has 3 aliphatic heterocycles. The van der Waals surface area contributed by atoms with Crippen molar-refractivity contribution in [3.8, 4) is 22.4 Å². The van der Waals surface area contributed by atoms with Crippen molar-refractivity contribution < 1.29 is 4.79 Å². The van der Waals surface area contributed by atoms with Crippen molar-refractivity contribution in [1.82, 2.24) is 24.8 Å². The molecule has 3 saturated heterocycles. The normalized spacial score (nSPS) is 24.8. The standard InChI is InChI=1S/C25H29N5O/c1-28(2)25(31)23-16-29-13-12-21(23)14-22(29)15-30-17-24(26-27-30)20-10-8-19(9-11-20)18-6-4-3-5-7-18/h3-11,17,21-23H,12-16H2,1-2H3/t21-,22-,23+/m1/s1. The maximum atomic E-state index is 12.5. The van der Waals surface area contributed by atoms with Crippen molar-refractivity contribution in [2.24, 2.45) is 11.8 Å². The van der Waals surface area contributed by atoms with Crippen LogP contribution in [-0.4, -0.2) is 63.9 Å². The second kappa shape index (κ2) is 8.27. The van der Waals surface area contributed by atoms with Crippen LogP contribution in [0.3, 0.4) is 0 Å². The molecule has 0 spiro atoms. The van der Waals surface area contributed by atoms with Gasteiger partial charge in [0.2, 0.25) is 5.91 Å². The van der Waals surface area contributed by atoms with Crippen LogP contribution in [0.2, 0.25) is 0 Å². The van der Waals surface area contributed by atoms with Crippen LogP contribution < -0.4 is 0 Å². The fourth-order valence-electron chi connectivity index (χ4n) is 5.14. The highest BCUT2D eigenvalue weighted by Crippen LogP contribution is 2.37. The van der Waals surface area contributed by atoms with Crippen LogP contribution in [0.15, 0.2) is 60.8 Å². The molecule has 3 fully saturated rings. The van der Waals surface area contributed by atoms with Crippen molar-refractivity contribution >= 4 is 5.91 Å². The number of amides is 1. The van der Waals surface area contributed by atoms with Crippen LogP contribution in [0.1, 0.15) is 12.8 Å². The topological polar surface area (TPSA) is 54.3 Å². The molecule has 1 amide bonds. The molecule has 6 nitrogen and oxygen atoms in total. The molecule has 0 radical (unpaired) electrons. The second-order valence-electron chi connectivity index (χ2n) is 9.04. The average molecular weight is 416 g/mol. The summed E-state index contributed by atoms with van der Waals surface area (Å²) in [4.78, 5) is 16.7. The maximum absolute atomic E-state index is 12.5. The number of carbonyl (C=O) groups is 1. The SMILES string of the molecule is CN(C)C(=O)[C@H]1CN2CC[C@@H]1C[C@@H]2Cn1cc(-c2ccc(-c3ccccc3)cc2)nn1. The van der Waals surface area contributed by atoms with Crippen LogP contribution in [0, 0.1) is 11.8 Å². The Kier molecular flexibility index (Phi) is 5.32. The zero-order valence-electron chi connectivity index (χ0n) is 18.2. The quantitative estimate of drug-likeness (QED) is 0.641. The molecule has 1 aromatic heterocycles. The number of hydrogen-bond acceptors (Lipinski definition) is 4. The van der Waals surface area contributed by atoms with Crippen LogP contribution in [0.25, 0.3) is 22.4 Å². The predicted octanol–water partition coefficient (Wildman–Crippen LogP) is 3.41. The molecule has 2 bridgehead atoms. The van der Waals surface area contributed by atoms with Crippen molar-refractivity contribution in [1.29, 1.82) is 0 Å². The van der Waals surface area contributed by atoms with Crippen molar-refractivity contribution in [3.05, 3.63) is 60.8 Å². The molecule has 3 aliphatic rings. The number of nitrogens with zero attached hydrogens (tertiary/aromatic N) is 5. The van der Waals surface area contributed by atoms with Gasteiger partial charge in [0.25, 0.3) is 0 Å². The second-order valence-corrected chi connectivity index (χ2v) is 9.04. The first-order chi connectivity index (χ1) is 15.1. The van der Waals surface area contributed by atoms with Crippen LogP contribution in [-0.2, 0) is 11.3 Å². The lowest BCUT2D eigenvalue weighted by Crippen LogP contribution is -2.57. The Hall–Kier alpha value is -2.99. The van der Waals surface area contributed by atoms with E-state index in [0.717, 1.165) is 43.7 Å². The van der Waals surface area contributed by atoms with E-state index in [9.17, 15) is 4.79 Å². The minimum atomic E-state index is 0.148. The maximum Gasteiger partial charge on any atom is 0.226 e. The summed E-state index contributed by atoms with van der Waals surface area (Å²) in [6, 6.07) is 19.3. The summed E-state index contributed by atoms with van der Waals surface area (Å²) in [6.07, 6.45) is 4.23. The predicted molar refractivity (Wildman–Crippen MR) is 121 cm³/mol. The lowest BCUT2D eigenvalue weighted by Gasteiger charge is -2.49. The largest absolute Gasteiger partial charge is 0.349 e. The molecule has 6 heteroatoms. The third-order valence-corrected chi connectivity index (χ3v) is 6.86. The third kappa shape index (κ3) is 4.00. The highest BCUT2D eigenvalue weighted by Gasteiger charge is 2.43. The molecular formula is C25H29N5O. The number of fused-ring (bicyclic) bond motifs is 3. The van der Waals surface area contributed by atoms with E-state index in [0.29, 0.717) is 12.0 Å². The number of benzene rings is 2. The first kappa shape index (κ1) is 19.9. The van der Waals surface area contributed by atoms with Crippen molar-refractivity contribution in [2.75, 3.05) is 27.2 Å². The number of aromatic nitrogens is 3. The summed E-state index contributed by atoms with van der Waals surface area (Å²) >= 11 is 0. The Labute approximate surface area is 183 Å². The molecule has 6 rings (SSSR count). The highest BCUT2D eigenvalue weighted by molar-refractivity contribution is 5.79. The van der Waals surface area contributed by atoms with Gasteiger partial charge in [-0.05, 0) is 36.4 Å². The summed E-state index contributed by atoms with van der Waals surface area (Å²) in [5.41, 5.74) is 4.39. The Morgan fingerprint density at radius 3 is 2.42 bits per heavy atom. The molecule has 0 aliphatic carbocycles. The molecule has 3 aromatic rings. The van der Waals surface area contributed by atoms with E-state index in [-0.39, 0.29) is 11.8 Å². The lowest BCUT2D eigenvalue weighted by atomic mass is 9.75. The zero-order valence-corrected chi connectivity index (χ0v) is 18.2. The molecule has 0 N–H and O–H groups in total. The van der Waals surface area contributed by atoms with Crippen LogP contribution >= 0.6 is 0 Å². The van der Waals surface area contributed by atoms with E-state index in [1.54, 1.807) is 4.90 Å². The molecule has 0 saturated carbocycles. The van der Waals surface area contributed by atoms with E-state index < -0.39 is 0 Å². The molecule has 4 atom stereocenters. The van der Waals surface area contributed by atoms with Gasteiger partial charge in [-0.25, -0.2) is 0 Å². The Bertz CT molecular complexity index is 1040. The first-order valence-electron chi connectivity index (χ1n) is 11.1. The van der Waals surface area contributed by atoms with Crippen molar-refractivity contribution in [2.45, 2.75) is 25.4 Å². The van der Waals surface area contributed by atoms with Crippen LogP contribution in [0.4, 0.5) is 0 Å². The molecule has 2 aromatic carbocycles. The number of hydrogen-bond donors (Lipinski definition) is 0. The van der Waals surface area contributed by atoms with Gasteiger partial charge in [0.1, 0.15) is 5.69 Å². The number of rotatable bonds is 5. The Morgan fingerprint density at radius 2 is 1.74 bits per heavy atom. The highest BCUT2D eigenvalue weighted by atomic mass is 16.2. The van der Waals surface area contributed by atoms with Gasteiger partial charge in [0, 0.05) is 32.2 Å². The Morgan fingerprint density at radius 1 is 1.03 bits per heavy atom. The van der Waals surface area contributed by atoms with E-state index in [2.05, 4.69) is 63.7 Å². The van der Waals surface area contributed by atoms with E-state index in [1.807, 2.05) is 31.0 Å². The fourth-order valence-corrected chi connectivity index (χ4v) is 5.14. The van der Waals surface area contributed by atoms with Gasteiger partial charge < -0.3 is 4.90 Å². The Balaban J connectivity index is 1.25. The number of carbonyl (C=O) groups excluding carboxylic acids is 1. The van der Waals surface area contributed by atoms with Gasteiger partial charge in [0.05, 0.1) is 18.7 Å². The third-order valence-electron chi connectivity index (χ3n) is 6.86. The molecular weight excluding hydrogens is 386 g/mol. The van der Waals surface area contributed by atoms with E-state index >= 15 is 0 Å². The average Bonchev–Trinajstić information content (AvgIpc) is 3.28. The van der Waals surface area contributed by atoms with Gasteiger partial charge in [-0.3, -0.25) is 14.4 Å². The van der Waals surface area contributed by atoms with Gasteiger partial charge in [-0.15, -0.1) is 5.10 Å².